The maximum absolute atomic E-state index is 12.8. The van der Waals surface area contributed by atoms with Crippen molar-refractivity contribution in [1.82, 2.24) is 9.55 Å². The van der Waals surface area contributed by atoms with Gasteiger partial charge in [-0.3, -0.25) is 9.36 Å². The second kappa shape index (κ2) is 5.74. The zero-order valence-electron chi connectivity index (χ0n) is 12.5. The molecule has 1 aromatic carbocycles. The first kappa shape index (κ1) is 14.5. The number of hydrogen-bond acceptors (Lipinski definition) is 4. The van der Waals surface area contributed by atoms with Gasteiger partial charge in [0.15, 0.2) is 0 Å². The van der Waals surface area contributed by atoms with Gasteiger partial charge in [-0.15, -0.1) is 11.3 Å². The van der Waals surface area contributed by atoms with E-state index in [9.17, 15) is 4.79 Å². The molecule has 22 heavy (non-hydrogen) atoms. The third kappa shape index (κ3) is 2.32. The van der Waals surface area contributed by atoms with Gasteiger partial charge in [-0.2, -0.15) is 5.26 Å². The largest absolute Gasteiger partial charge is 0.282 e. The monoisotopic (exact) mass is 309 g/mol. The lowest BCUT2D eigenvalue weighted by atomic mass is 10.0. The minimum Gasteiger partial charge on any atom is -0.282 e. The van der Waals surface area contributed by atoms with Crippen molar-refractivity contribution in [2.45, 2.75) is 26.8 Å². The van der Waals surface area contributed by atoms with Crippen LogP contribution < -0.4 is 5.56 Å². The Bertz CT molecular complexity index is 929. The van der Waals surface area contributed by atoms with Crippen LogP contribution in [0.25, 0.3) is 21.3 Å². The molecule has 0 spiro atoms. The zero-order valence-corrected chi connectivity index (χ0v) is 13.3. The van der Waals surface area contributed by atoms with Crippen LogP contribution in [0.3, 0.4) is 0 Å². The SMILES string of the molecule is CCc1nc2scc(-c3ccc(C)cc3)c2c(=O)n1CC#N. The van der Waals surface area contributed by atoms with Gasteiger partial charge in [0, 0.05) is 17.4 Å². The van der Waals surface area contributed by atoms with Gasteiger partial charge in [0.05, 0.1) is 11.5 Å². The van der Waals surface area contributed by atoms with Crippen LogP contribution in [0.5, 0.6) is 0 Å². The summed E-state index contributed by atoms with van der Waals surface area (Å²) in [6, 6.07) is 10.1. The highest BCUT2D eigenvalue weighted by molar-refractivity contribution is 7.17. The van der Waals surface area contributed by atoms with E-state index in [1.54, 1.807) is 0 Å². The molecule has 4 nitrogen and oxygen atoms in total. The van der Waals surface area contributed by atoms with Gasteiger partial charge in [0.2, 0.25) is 0 Å². The fourth-order valence-electron chi connectivity index (χ4n) is 2.52. The van der Waals surface area contributed by atoms with Crippen molar-refractivity contribution in [3.63, 3.8) is 0 Å². The van der Waals surface area contributed by atoms with E-state index in [0.717, 1.165) is 16.0 Å². The molecule has 0 atom stereocenters. The normalized spacial score (nSPS) is 10.8. The van der Waals surface area contributed by atoms with Gasteiger partial charge in [0.25, 0.3) is 5.56 Å². The van der Waals surface area contributed by atoms with Crippen LogP contribution in [0.15, 0.2) is 34.4 Å². The van der Waals surface area contributed by atoms with Gasteiger partial charge in [-0.05, 0) is 12.5 Å². The Kier molecular flexibility index (Phi) is 3.78. The van der Waals surface area contributed by atoms with E-state index in [2.05, 4.69) is 4.98 Å². The van der Waals surface area contributed by atoms with Crippen molar-refractivity contribution in [3.05, 3.63) is 51.4 Å². The lowest BCUT2D eigenvalue weighted by molar-refractivity contribution is 0.707. The molecule has 110 valence electrons. The molecule has 0 aliphatic carbocycles. The summed E-state index contributed by atoms with van der Waals surface area (Å²) >= 11 is 1.48. The molecule has 0 amide bonds. The molecule has 0 aliphatic heterocycles. The summed E-state index contributed by atoms with van der Waals surface area (Å²) in [5.74, 6) is 0.663. The Morgan fingerprint density at radius 2 is 2.05 bits per heavy atom. The lowest BCUT2D eigenvalue weighted by Crippen LogP contribution is -2.24. The summed E-state index contributed by atoms with van der Waals surface area (Å²) in [6.45, 7) is 4.01. The Balaban J connectivity index is 2.31. The van der Waals surface area contributed by atoms with Crippen molar-refractivity contribution in [3.8, 4) is 17.2 Å². The van der Waals surface area contributed by atoms with E-state index in [-0.39, 0.29) is 12.1 Å². The van der Waals surface area contributed by atoms with Gasteiger partial charge in [-0.1, -0.05) is 36.8 Å². The Morgan fingerprint density at radius 3 is 2.68 bits per heavy atom. The van der Waals surface area contributed by atoms with Gasteiger partial charge < -0.3 is 0 Å². The van der Waals surface area contributed by atoms with E-state index < -0.39 is 0 Å². The van der Waals surface area contributed by atoms with E-state index in [4.69, 9.17) is 5.26 Å². The van der Waals surface area contributed by atoms with Gasteiger partial charge in [0.1, 0.15) is 17.2 Å². The Morgan fingerprint density at radius 1 is 1.32 bits per heavy atom. The average Bonchev–Trinajstić information content (AvgIpc) is 2.95. The number of aryl methyl sites for hydroxylation is 2. The quantitative estimate of drug-likeness (QED) is 0.744. The van der Waals surface area contributed by atoms with E-state index in [0.29, 0.717) is 17.6 Å². The molecule has 0 bridgehead atoms. The third-order valence-corrected chi connectivity index (χ3v) is 4.55. The van der Waals surface area contributed by atoms with Crippen molar-refractivity contribution in [2.75, 3.05) is 0 Å². The second-order valence-electron chi connectivity index (χ2n) is 5.13. The maximum atomic E-state index is 12.8. The predicted octanol–water partition coefficient (Wildman–Crippen LogP) is 3.52. The number of nitriles is 1. The first-order chi connectivity index (χ1) is 10.7. The molecule has 0 N–H and O–H groups in total. The van der Waals surface area contributed by atoms with Crippen LogP contribution in [-0.4, -0.2) is 9.55 Å². The number of aromatic nitrogens is 2. The van der Waals surface area contributed by atoms with Crippen molar-refractivity contribution >= 4 is 21.6 Å². The first-order valence-electron chi connectivity index (χ1n) is 7.10. The smallest absolute Gasteiger partial charge is 0.263 e. The molecule has 0 aliphatic rings. The molecule has 0 saturated carbocycles. The average molecular weight is 309 g/mol. The minimum atomic E-state index is -0.125. The van der Waals surface area contributed by atoms with E-state index >= 15 is 0 Å². The number of thiophene rings is 1. The molecule has 0 unspecified atom stereocenters. The van der Waals surface area contributed by atoms with Gasteiger partial charge in [-0.25, -0.2) is 4.98 Å². The molecule has 2 aromatic heterocycles. The fraction of sp³-hybridized carbons (Fsp3) is 0.235. The third-order valence-electron chi connectivity index (χ3n) is 3.68. The molecule has 0 radical (unpaired) electrons. The van der Waals surface area contributed by atoms with Gasteiger partial charge >= 0.3 is 0 Å². The molecule has 3 rings (SSSR count). The summed E-state index contributed by atoms with van der Waals surface area (Å²) in [6.07, 6.45) is 0.630. The molecule has 0 fully saturated rings. The highest BCUT2D eigenvalue weighted by Gasteiger charge is 2.16. The molecule has 0 saturated heterocycles. The van der Waals surface area contributed by atoms with Crippen LogP contribution in [-0.2, 0) is 13.0 Å². The highest BCUT2D eigenvalue weighted by Crippen LogP contribution is 2.31. The molecular weight excluding hydrogens is 294 g/mol. The summed E-state index contributed by atoms with van der Waals surface area (Å²) in [4.78, 5) is 18.1. The standard InChI is InChI=1S/C17H15N3OS/c1-3-14-19-16-15(17(21)20(14)9-8-18)13(10-22-16)12-6-4-11(2)5-7-12/h4-7,10H,3,9H2,1-2H3. The minimum absolute atomic E-state index is 0.0358. The van der Waals surface area contributed by atoms with Crippen LogP contribution in [0.1, 0.15) is 18.3 Å². The van der Waals surface area contributed by atoms with E-state index in [1.165, 1.54) is 21.5 Å². The predicted molar refractivity (Wildman–Crippen MR) is 89.0 cm³/mol. The molecule has 3 aromatic rings. The number of nitrogens with zero attached hydrogens (tertiary/aromatic N) is 3. The Labute approximate surface area is 132 Å². The van der Waals surface area contributed by atoms with Crippen molar-refractivity contribution in [2.24, 2.45) is 0 Å². The fourth-order valence-corrected chi connectivity index (χ4v) is 3.47. The number of fused-ring (bicyclic) bond motifs is 1. The Hall–Kier alpha value is -2.45. The van der Waals surface area contributed by atoms with Crippen molar-refractivity contribution in [1.29, 1.82) is 5.26 Å². The zero-order chi connectivity index (χ0) is 15.7. The lowest BCUT2D eigenvalue weighted by Gasteiger charge is -2.08. The highest BCUT2D eigenvalue weighted by atomic mass is 32.1. The van der Waals surface area contributed by atoms with Crippen LogP contribution in [0.4, 0.5) is 0 Å². The molecule has 2 heterocycles. The summed E-state index contributed by atoms with van der Waals surface area (Å²) in [7, 11) is 0. The topological polar surface area (TPSA) is 58.7 Å². The number of rotatable bonds is 3. The maximum Gasteiger partial charge on any atom is 0.263 e. The first-order valence-corrected chi connectivity index (χ1v) is 7.98. The van der Waals surface area contributed by atoms with E-state index in [1.807, 2.05) is 49.6 Å². The molecule has 5 heteroatoms. The number of benzene rings is 1. The van der Waals surface area contributed by atoms with Crippen LogP contribution >= 0.6 is 11.3 Å². The number of hydrogen-bond donors (Lipinski definition) is 0. The van der Waals surface area contributed by atoms with Crippen molar-refractivity contribution < 1.29 is 0 Å². The summed E-state index contributed by atoms with van der Waals surface area (Å²) in [5, 5.41) is 11.6. The second-order valence-corrected chi connectivity index (χ2v) is 5.98. The summed E-state index contributed by atoms with van der Waals surface area (Å²) < 4.78 is 1.48. The summed E-state index contributed by atoms with van der Waals surface area (Å²) in [5.41, 5.74) is 2.95. The van der Waals surface area contributed by atoms with Crippen LogP contribution in [0.2, 0.25) is 0 Å². The van der Waals surface area contributed by atoms with Crippen LogP contribution in [0, 0.1) is 18.3 Å². The molecular formula is C17H15N3OS.